The summed E-state index contributed by atoms with van der Waals surface area (Å²) in [5.74, 6) is -0.589. The van der Waals surface area contributed by atoms with Gasteiger partial charge in [-0.2, -0.15) is 0 Å². The van der Waals surface area contributed by atoms with Crippen molar-refractivity contribution >= 4 is 23.2 Å². The lowest BCUT2D eigenvalue weighted by molar-refractivity contribution is -0.118. The Balaban J connectivity index is 1.69. The third kappa shape index (κ3) is 5.77. The molecule has 0 fully saturated rings. The number of rotatable bonds is 7. The molecule has 30 heavy (non-hydrogen) atoms. The maximum atomic E-state index is 13.3. The summed E-state index contributed by atoms with van der Waals surface area (Å²) >= 11 is 0. The number of aryl methyl sites for hydroxylation is 1. The molecule has 0 aliphatic rings. The van der Waals surface area contributed by atoms with Crippen LogP contribution in [0, 0.1) is 12.7 Å². The zero-order chi connectivity index (χ0) is 21.5. The number of nitrogens with one attached hydrogen (secondary N) is 1. The van der Waals surface area contributed by atoms with Crippen molar-refractivity contribution in [3.8, 4) is 0 Å². The molecule has 3 aromatic rings. The highest BCUT2D eigenvalue weighted by Gasteiger charge is 2.15. The van der Waals surface area contributed by atoms with Gasteiger partial charge in [-0.3, -0.25) is 9.59 Å². The quantitative estimate of drug-likeness (QED) is 0.584. The van der Waals surface area contributed by atoms with Crippen LogP contribution in [-0.4, -0.2) is 11.8 Å². The fourth-order valence-corrected chi connectivity index (χ4v) is 3.26. The van der Waals surface area contributed by atoms with E-state index in [4.69, 9.17) is 0 Å². The van der Waals surface area contributed by atoms with Crippen molar-refractivity contribution in [2.75, 3.05) is 10.2 Å². The van der Waals surface area contributed by atoms with E-state index in [1.54, 1.807) is 17.0 Å². The molecule has 0 unspecified atom stereocenters. The molecular formula is C25H25FN2O2. The predicted octanol–water partition coefficient (Wildman–Crippen LogP) is 5.26. The minimum absolute atomic E-state index is 0.0353. The molecule has 0 bridgehead atoms. The fourth-order valence-electron chi connectivity index (χ4n) is 3.26. The molecule has 0 aliphatic carbocycles. The minimum atomic E-state index is -0.397. The molecule has 4 nitrogen and oxygen atoms in total. The van der Waals surface area contributed by atoms with E-state index in [1.165, 1.54) is 12.1 Å². The molecule has 0 saturated carbocycles. The van der Waals surface area contributed by atoms with Gasteiger partial charge in [0.15, 0.2) is 0 Å². The number of benzene rings is 3. The highest BCUT2D eigenvalue weighted by atomic mass is 19.1. The summed E-state index contributed by atoms with van der Waals surface area (Å²) in [7, 11) is 0. The van der Waals surface area contributed by atoms with Crippen molar-refractivity contribution in [2.45, 2.75) is 33.2 Å². The molecule has 0 aromatic heterocycles. The van der Waals surface area contributed by atoms with Gasteiger partial charge in [-0.1, -0.05) is 55.0 Å². The average Bonchev–Trinajstić information content (AvgIpc) is 2.72. The van der Waals surface area contributed by atoms with Gasteiger partial charge in [-0.25, -0.2) is 4.39 Å². The van der Waals surface area contributed by atoms with E-state index in [0.717, 1.165) is 22.4 Å². The summed E-state index contributed by atoms with van der Waals surface area (Å²) in [6.07, 6.45) is 0.569. The lowest BCUT2D eigenvalue weighted by Crippen LogP contribution is -2.29. The molecular weight excluding hydrogens is 379 g/mol. The molecule has 3 rings (SSSR count). The van der Waals surface area contributed by atoms with E-state index in [2.05, 4.69) is 11.4 Å². The lowest BCUT2D eigenvalue weighted by atomic mass is 10.1. The first kappa shape index (κ1) is 21.2. The number of carbonyl (C=O) groups is 2. The Morgan fingerprint density at radius 3 is 2.33 bits per heavy atom. The minimum Gasteiger partial charge on any atom is -0.326 e. The van der Waals surface area contributed by atoms with Crippen LogP contribution in [0.4, 0.5) is 15.8 Å². The van der Waals surface area contributed by atoms with E-state index in [-0.39, 0.29) is 18.2 Å². The van der Waals surface area contributed by atoms with E-state index < -0.39 is 5.82 Å². The van der Waals surface area contributed by atoms with Gasteiger partial charge < -0.3 is 10.2 Å². The van der Waals surface area contributed by atoms with Gasteiger partial charge in [0.25, 0.3) is 0 Å². The van der Waals surface area contributed by atoms with Crippen molar-refractivity contribution in [1.29, 1.82) is 0 Å². The van der Waals surface area contributed by atoms with Crippen molar-refractivity contribution < 1.29 is 14.0 Å². The second-order valence-electron chi connectivity index (χ2n) is 7.22. The molecule has 0 saturated heterocycles. The van der Waals surface area contributed by atoms with Gasteiger partial charge in [0.05, 0.1) is 13.0 Å². The van der Waals surface area contributed by atoms with E-state index in [1.807, 2.05) is 56.3 Å². The van der Waals surface area contributed by atoms with Gasteiger partial charge in [-0.05, 0) is 48.4 Å². The maximum Gasteiger partial charge on any atom is 0.228 e. The SMILES string of the molecule is CCC(=O)N(Cc1cccc(C)c1)c1ccc(CC(=O)Nc2cccc(F)c2)cc1. The van der Waals surface area contributed by atoms with Crippen LogP contribution in [0.25, 0.3) is 0 Å². The summed E-state index contributed by atoms with van der Waals surface area (Å²) in [5.41, 5.74) is 4.24. The van der Waals surface area contributed by atoms with Crippen molar-refractivity contribution in [2.24, 2.45) is 0 Å². The Morgan fingerprint density at radius 2 is 1.67 bits per heavy atom. The third-order valence-electron chi connectivity index (χ3n) is 4.75. The van der Waals surface area contributed by atoms with Crippen LogP contribution in [-0.2, 0) is 22.6 Å². The Labute approximate surface area is 176 Å². The zero-order valence-corrected chi connectivity index (χ0v) is 17.2. The number of amides is 2. The van der Waals surface area contributed by atoms with E-state index in [0.29, 0.717) is 18.7 Å². The van der Waals surface area contributed by atoms with Crippen molar-refractivity contribution in [3.63, 3.8) is 0 Å². The highest BCUT2D eigenvalue weighted by molar-refractivity contribution is 5.94. The van der Waals surface area contributed by atoms with Crippen molar-refractivity contribution in [3.05, 3.63) is 95.3 Å². The first-order valence-electron chi connectivity index (χ1n) is 9.95. The van der Waals surface area contributed by atoms with Crippen LogP contribution in [0.2, 0.25) is 0 Å². The summed E-state index contributed by atoms with van der Waals surface area (Å²) in [4.78, 5) is 26.5. The Morgan fingerprint density at radius 1 is 0.933 bits per heavy atom. The molecule has 154 valence electrons. The highest BCUT2D eigenvalue weighted by Crippen LogP contribution is 2.20. The maximum absolute atomic E-state index is 13.3. The molecule has 0 spiro atoms. The van der Waals surface area contributed by atoms with Gasteiger partial charge in [-0.15, -0.1) is 0 Å². The molecule has 0 radical (unpaired) electrons. The van der Waals surface area contributed by atoms with Gasteiger partial charge in [0, 0.05) is 17.8 Å². The van der Waals surface area contributed by atoms with Gasteiger partial charge >= 0.3 is 0 Å². The number of nitrogens with zero attached hydrogens (tertiary/aromatic N) is 1. The van der Waals surface area contributed by atoms with Crippen LogP contribution in [0.5, 0.6) is 0 Å². The van der Waals surface area contributed by atoms with Crippen LogP contribution >= 0.6 is 0 Å². The predicted molar refractivity (Wildman–Crippen MR) is 118 cm³/mol. The van der Waals surface area contributed by atoms with Crippen molar-refractivity contribution in [1.82, 2.24) is 0 Å². The first-order valence-corrected chi connectivity index (χ1v) is 9.95. The second kappa shape index (κ2) is 9.83. The Bertz CT molecular complexity index is 1030. The summed E-state index contributed by atoms with van der Waals surface area (Å²) < 4.78 is 13.3. The van der Waals surface area contributed by atoms with Crippen LogP contribution in [0.1, 0.15) is 30.0 Å². The molecule has 3 aromatic carbocycles. The first-order chi connectivity index (χ1) is 14.4. The topological polar surface area (TPSA) is 49.4 Å². The number of anilines is 2. The summed E-state index contributed by atoms with van der Waals surface area (Å²) in [5, 5.41) is 2.69. The zero-order valence-electron chi connectivity index (χ0n) is 17.2. The van der Waals surface area contributed by atoms with Crippen LogP contribution in [0.3, 0.4) is 0 Å². The monoisotopic (exact) mass is 404 g/mol. The normalized spacial score (nSPS) is 10.5. The van der Waals surface area contributed by atoms with Gasteiger partial charge in [0.2, 0.25) is 11.8 Å². The van der Waals surface area contributed by atoms with Crippen LogP contribution in [0.15, 0.2) is 72.8 Å². The van der Waals surface area contributed by atoms with Gasteiger partial charge in [0.1, 0.15) is 5.82 Å². The number of carbonyl (C=O) groups excluding carboxylic acids is 2. The fraction of sp³-hybridized carbons (Fsp3) is 0.200. The molecule has 0 heterocycles. The molecule has 5 heteroatoms. The Kier molecular flexibility index (Phi) is 6.96. The molecule has 0 aliphatic heterocycles. The largest absolute Gasteiger partial charge is 0.326 e. The number of hydrogen-bond acceptors (Lipinski definition) is 2. The second-order valence-corrected chi connectivity index (χ2v) is 7.22. The number of halogens is 1. The lowest BCUT2D eigenvalue weighted by Gasteiger charge is -2.23. The smallest absolute Gasteiger partial charge is 0.228 e. The Hall–Kier alpha value is -3.47. The number of hydrogen-bond donors (Lipinski definition) is 1. The standard InChI is InChI=1S/C25H25FN2O2/c1-3-25(30)28(17-20-7-4-6-18(2)14-20)23-12-10-19(11-13-23)15-24(29)27-22-9-5-8-21(26)16-22/h4-14,16H,3,15,17H2,1-2H3,(H,27,29). The molecule has 2 amide bonds. The molecule has 0 atom stereocenters. The van der Waals surface area contributed by atoms with Crippen LogP contribution < -0.4 is 10.2 Å². The summed E-state index contributed by atoms with van der Waals surface area (Å²) in [6, 6.07) is 21.3. The average molecular weight is 404 g/mol. The third-order valence-corrected chi connectivity index (χ3v) is 4.75. The molecule has 1 N–H and O–H groups in total. The summed E-state index contributed by atoms with van der Waals surface area (Å²) in [6.45, 7) is 4.36. The van der Waals surface area contributed by atoms with E-state index >= 15 is 0 Å². The van der Waals surface area contributed by atoms with E-state index in [9.17, 15) is 14.0 Å².